The smallest absolute Gasteiger partial charge is 0.450 e. The Morgan fingerprint density at radius 2 is 2.00 bits per heavy atom. The molecular weight excluding hydrogens is 483 g/mol. The number of rotatable bonds is 5. The molecule has 31 heavy (non-hydrogen) atoms. The predicted octanol–water partition coefficient (Wildman–Crippen LogP) is 6.24. The van der Waals surface area contributed by atoms with Gasteiger partial charge in [0.05, 0.1) is 20.5 Å². The lowest BCUT2D eigenvalue weighted by Gasteiger charge is -2.31. The van der Waals surface area contributed by atoms with Crippen molar-refractivity contribution in [1.82, 2.24) is 9.97 Å². The molecular formula is C20H19Cl3N4O3S. The van der Waals surface area contributed by atoms with Crippen molar-refractivity contribution in [1.29, 1.82) is 0 Å². The number of piperidine rings is 1. The summed E-state index contributed by atoms with van der Waals surface area (Å²) in [4.78, 5) is 24.1. The molecule has 0 bridgehead atoms. The van der Waals surface area contributed by atoms with Crippen LogP contribution < -0.4 is 10.2 Å². The molecule has 0 atom stereocenters. The lowest BCUT2D eigenvalue weighted by atomic mass is 10.1. The molecule has 164 valence electrons. The van der Waals surface area contributed by atoms with E-state index >= 15 is 0 Å². The third-order valence-electron chi connectivity index (χ3n) is 5.08. The van der Waals surface area contributed by atoms with Crippen molar-refractivity contribution in [2.45, 2.75) is 32.4 Å². The highest BCUT2D eigenvalue weighted by atomic mass is 35.5. The largest absolute Gasteiger partial charge is 0.506 e. The summed E-state index contributed by atoms with van der Waals surface area (Å²) in [5.74, 6) is 1.22. The number of nitrogens with one attached hydrogen (secondary N) is 1. The maximum Gasteiger partial charge on any atom is 0.506 e. The number of hydrogen-bond acceptors (Lipinski definition) is 7. The van der Waals surface area contributed by atoms with Crippen LogP contribution in [0.2, 0.25) is 15.1 Å². The van der Waals surface area contributed by atoms with Gasteiger partial charge in [0.15, 0.2) is 0 Å². The van der Waals surface area contributed by atoms with Crippen molar-refractivity contribution in [3.05, 3.63) is 43.7 Å². The monoisotopic (exact) mass is 500 g/mol. The second kappa shape index (κ2) is 9.24. The summed E-state index contributed by atoms with van der Waals surface area (Å²) in [6.45, 7) is 3.65. The summed E-state index contributed by atoms with van der Waals surface area (Å²) in [7, 11) is 0. The van der Waals surface area contributed by atoms with Gasteiger partial charge in [-0.3, -0.25) is 0 Å². The van der Waals surface area contributed by atoms with Crippen LogP contribution in [0, 0.1) is 6.92 Å². The highest BCUT2D eigenvalue weighted by molar-refractivity contribution is 7.19. The first-order valence-corrected chi connectivity index (χ1v) is 11.6. The molecule has 0 saturated carbocycles. The Labute approximate surface area is 197 Å². The standard InChI is InChI=1S/C20H19Cl3N4O3S/c1-10-16(23)15-17(24-9-11-2-3-13(21)14(22)8-11)25-19(26-18(15)31-10)27-6-4-12(5-7-27)30-20(28)29/h2-3,8,12H,4-7,9H2,1H3,(H,28,29)(H,24,25,26). The number of carbonyl (C=O) groups is 1. The number of hydrogen-bond donors (Lipinski definition) is 2. The number of nitrogens with zero attached hydrogens (tertiary/aromatic N) is 3. The first-order valence-electron chi connectivity index (χ1n) is 9.60. The van der Waals surface area contributed by atoms with Crippen molar-refractivity contribution in [2.24, 2.45) is 0 Å². The molecule has 0 spiro atoms. The van der Waals surface area contributed by atoms with Crippen molar-refractivity contribution in [3.8, 4) is 0 Å². The van der Waals surface area contributed by atoms with Crippen molar-refractivity contribution >= 4 is 74.3 Å². The van der Waals surface area contributed by atoms with E-state index in [4.69, 9.17) is 54.6 Å². The SMILES string of the molecule is Cc1sc2nc(N3CCC(OC(=O)O)CC3)nc(NCc3ccc(Cl)c(Cl)c3)c2c1Cl. The van der Waals surface area contributed by atoms with Gasteiger partial charge in [0.1, 0.15) is 16.8 Å². The van der Waals surface area contributed by atoms with Crippen LogP contribution in [0.25, 0.3) is 10.2 Å². The molecule has 1 fully saturated rings. The molecule has 0 amide bonds. The zero-order chi connectivity index (χ0) is 22.1. The number of aryl methyl sites for hydroxylation is 1. The summed E-state index contributed by atoms with van der Waals surface area (Å²) in [5.41, 5.74) is 0.956. The Bertz CT molecular complexity index is 1130. The van der Waals surface area contributed by atoms with E-state index in [1.165, 1.54) is 11.3 Å². The van der Waals surface area contributed by atoms with Gasteiger partial charge >= 0.3 is 6.16 Å². The van der Waals surface area contributed by atoms with Crippen LogP contribution in [0.5, 0.6) is 0 Å². The summed E-state index contributed by atoms with van der Waals surface area (Å²) in [6, 6.07) is 5.46. The molecule has 0 radical (unpaired) electrons. The molecule has 0 aliphatic carbocycles. The van der Waals surface area contributed by atoms with Crippen LogP contribution >= 0.6 is 46.1 Å². The summed E-state index contributed by atoms with van der Waals surface area (Å²) in [6.07, 6.45) is -0.370. The third kappa shape index (κ3) is 4.92. The van der Waals surface area contributed by atoms with E-state index in [-0.39, 0.29) is 6.10 Å². The van der Waals surface area contributed by atoms with Crippen molar-refractivity contribution in [3.63, 3.8) is 0 Å². The van der Waals surface area contributed by atoms with Crippen LogP contribution in [-0.4, -0.2) is 40.4 Å². The third-order valence-corrected chi connectivity index (χ3v) is 7.40. The molecule has 11 heteroatoms. The summed E-state index contributed by atoms with van der Waals surface area (Å²) in [5, 5.41) is 14.6. The minimum Gasteiger partial charge on any atom is -0.450 e. The normalized spacial score (nSPS) is 14.8. The Balaban J connectivity index is 1.59. The number of halogens is 3. The van der Waals surface area contributed by atoms with Gasteiger partial charge in [-0.15, -0.1) is 11.3 Å². The number of thiophene rings is 1. The zero-order valence-corrected chi connectivity index (χ0v) is 19.6. The molecule has 1 aliphatic heterocycles. The van der Waals surface area contributed by atoms with E-state index in [0.717, 1.165) is 20.7 Å². The van der Waals surface area contributed by atoms with Gasteiger partial charge in [-0.2, -0.15) is 4.98 Å². The van der Waals surface area contributed by atoms with Gasteiger partial charge in [0.25, 0.3) is 0 Å². The van der Waals surface area contributed by atoms with E-state index in [9.17, 15) is 4.79 Å². The highest BCUT2D eigenvalue weighted by Crippen LogP contribution is 2.39. The Morgan fingerprint density at radius 1 is 1.26 bits per heavy atom. The molecule has 7 nitrogen and oxygen atoms in total. The number of aromatic nitrogens is 2. The second-order valence-corrected chi connectivity index (χ2v) is 9.59. The maximum absolute atomic E-state index is 10.8. The number of anilines is 2. The number of fused-ring (bicyclic) bond motifs is 1. The van der Waals surface area contributed by atoms with Crippen LogP contribution in [0.1, 0.15) is 23.3 Å². The van der Waals surface area contributed by atoms with E-state index < -0.39 is 6.16 Å². The van der Waals surface area contributed by atoms with Gasteiger partial charge in [-0.25, -0.2) is 9.78 Å². The quantitative estimate of drug-likeness (QED) is 0.400. The number of ether oxygens (including phenoxy) is 1. The van der Waals surface area contributed by atoms with Gasteiger partial charge < -0.3 is 20.1 Å². The highest BCUT2D eigenvalue weighted by Gasteiger charge is 2.25. The zero-order valence-electron chi connectivity index (χ0n) is 16.5. The molecule has 1 saturated heterocycles. The fraction of sp³-hybridized carbons (Fsp3) is 0.350. The van der Waals surface area contributed by atoms with Gasteiger partial charge in [-0.05, 0) is 24.6 Å². The first-order chi connectivity index (χ1) is 14.8. The van der Waals surface area contributed by atoms with Crippen LogP contribution in [-0.2, 0) is 11.3 Å². The maximum atomic E-state index is 10.8. The average molecular weight is 502 g/mol. The van der Waals surface area contributed by atoms with Crippen molar-refractivity contribution < 1.29 is 14.6 Å². The first kappa shape index (κ1) is 22.2. The molecule has 0 unspecified atom stereocenters. The van der Waals surface area contributed by atoms with Crippen LogP contribution in [0.3, 0.4) is 0 Å². The van der Waals surface area contributed by atoms with Crippen molar-refractivity contribution in [2.75, 3.05) is 23.3 Å². The second-order valence-electron chi connectivity index (χ2n) is 7.20. The molecule has 1 aromatic carbocycles. The molecule has 4 rings (SSSR count). The van der Waals surface area contributed by atoms with Gasteiger partial charge in [-0.1, -0.05) is 40.9 Å². The van der Waals surface area contributed by atoms with Gasteiger partial charge in [0, 0.05) is 37.4 Å². The lowest BCUT2D eigenvalue weighted by Crippen LogP contribution is -2.38. The Morgan fingerprint density at radius 3 is 2.68 bits per heavy atom. The topological polar surface area (TPSA) is 87.6 Å². The van der Waals surface area contributed by atoms with Crippen LogP contribution in [0.15, 0.2) is 18.2 Å². The lowest BCUT2D eigenvalue weighted by molar-refractivity contribution is 0.0415. The minimum atomic E-state index is -1.24. The fourth-order valence-corrected chi connectivity index (χ4v) is 5.07. The van der Waals surface area contributed by atoms with Gasteiger partial charge in [0.2, 0.25) is 5.95 Å². The van der Waals surface area contributed by atoms with E-state index in [1.807, 2.05) is 24.0 Å². The average Bonchev–Trinajstić information content (AvgIpc) is 3.02. The number of carboxylic acid groups (broad SMARTS) is 1. The molecule has 1 aliphatic rings. The molecule has 2 aromatic heterocycles. The summed E-state index contributed by atoms with van der Waals surface area (Å²) < 4.78 is 4.90. The number of benzene rings is 1. The van der Waals surface area contributed by atoms with Crippen LogP contribution in [0.4, 0.5) is 16.6 Å². The summed E-state index contributed by atoms with van der Waals surface area (Å²) >= 11 is 20.2. The van der Waals surface area contributed by atoms with E-state index in [0.29, 0.717) is 59.3 Å². The molecule has 2 N–H and O–H groups in total. The predicted molar refractivity (Wildman–Crippen MR) is 125 cm³/mol. The Kier molecular flexibility index (Phi) is 6.62. The Hall–Kier alpha value is -2.00. The molecule has 3 aromatic rings. The fourth-order valence-electron chi connectivity index (χ4n) is 3.49. The minimum absolute atomic E-state index is 0.303. The molecule has 3 heterocycles. The van der Waals surface area contributed by atoms with E-state index in [1.54, 1.807) is 6.07 Å². The van der Waals surface area contributed by atoms with E-state index in [2.05, 4.69) is 5.32 Å².